The Balaban J connectivity index is 1.51. The highest BCUT2D eigenvalue weighted by molar-refractivity contribution is 5.80. The van der Waals surface area contributed by atoms with E-state index in [1.165, 1.54) is 6.33 Å². The third-order valence-corrected chi connectivity index (χ3v) is 3.52. The highest BCUT2D eigenvalue weighted by atomic mass is 16.5. The Labute approximate surface area is 123 Å². The van der Waals surface area contributed by atoms with Crippen LogP contribution in [0.4, 0.5) is 0 Å². The normalized spacial score (nSPS) is 17.8. The van der Waals surface area contributed by atoms with E-state index in [2.05, 4.69) is 15.4 Å². The molecule has 2 heterocycles. The van der Waals surface area contributed by atoms with Gasteiger partial charge in [0.15, 0.2) is 0 Å². The third kappa shape index (κ3) is 3.66. The van der Waals surface area contributed by atoms with E-state index < -0.39 is 0 Å². The van der Waals surface area contributed by atoms with Crippen molar-refractivity contribution in [1.82, 2.24) is 20.1 Å². The van der Waals surface area contributed by atoms with Crippen LogP contribution in [0.5, 0.6) is 0 Å². The van der Waals surface area contributed by atoms with Crippen molar-refractivity contribution in [2.24, 2.45) is 0 Å². The number of ether oxygens (including phenoxy) is 1. The van der Waals surface area contributed by atoms with Gasteiger partial charge in [0, 0.05) is 13.2 Å². The second-order valence-corrected chi connectivity index (χ2v) is 5.13. The molecular formula is C15H18N4O2. The Kier molecular flexibility index (Phi) is 4.25. The first-order chi connectivity index (χ1) is 10.3. The molecule has 1 aliphatic rings. The molecule has 1 aliphatic heterocycles. The number of carbonyl (C=O) groups excluding carboxylic acids is 1. The second kappa shape index (κ2) is 6.49. The molecule has 3 rings (SSSR count). The van der Waals surface area contributed by atoms with Crippen molar-refractivity contribution in [2.75, 3.05) is 6.61 Å². The first-order valence-corrected chi connectivity index (χ1v) is 7.11. The van der Waals surface area contributed by atoms with E-state index in [0.29, 0.717) is 19.7 Å². The smallest absolute Gasteiger partial charge is 0.249 e. The molecule has 0 aliphatic carbocycles. The Morgan fingerprint density at radius 1 is 1.33 bits per heavy atom. The summed E-state index contributed by atoms with van der Waals surface area (Å²) in [5.41, 5.74) is 2.22. The Bertz CT molecular complexity index is 574. The molecule has 0 radical (unpaired) electrons. The molecule has 1 atom stereocenters. The van der Waals surface area contributed by atoms with E-state index >= 15 is 0 Å². The lowest BCUT2D eigenvalue weighted by Crippen LogP contribution is -2.33. The van der Waals surface area contributed by atoms with Gasteiger partial charge < -0.3 is 10.1 Å². The van der Waals surface area contributed by atoms with Gasteiger partial charge in [0.05, 0.1) is 6.54 Å². The minimum Gasteiger partial charge on any atom is -0.368 e. The maximum Gasteiger partial charge on any atom is 0.249 e. The van der Waals surface area contributed by atoms with Crippen LogP contribution in [0.1, 0.15) is 24.0 Å². The maximum absolute atomic E-state index is 11.8. The number of aromatic nitrogens is 3. The lowest BCUT2D eigenvalue weighted by atomic mass is 10.1. The third-order valence-electron chi connectivity index (χ3n) is 3.52. The molecule has 1 N–H and O–H groups in total. The predicted molar refractivity (Wildman–Crippen MR) is 76.4 cm³/mol. The Morgan fingerprint density at radius 3 is 2.81 bits per heavy atom. The number of amides is 1. The van der Waals surface area contributed by atoms with Gasteiger partial charge in [-0.2, -0.15) is 5.10 Å². The number of nitrogens with zero attached hydrogens (tertiary/aromatic N) is 3. The number of hydrogen-bond donors (Lipinski definition) is 1. The zero-order valence-electron chi connectivity index (χ0n) is 11.7. The summed E-state index contributed by atoms with van der Waals surface area (Å²) in [7, 11) is 0. The molecule has 2 aromatic rings. The molecule has 1 aromatic carbocycles. The molecule has 21 heavy (non-hydrogen) atoms. The largest absolute Gasteiger partial charge is 0.368 e. The summed E-state index contributed by atoms with van der Waals surface area (Å²) in [6.45, 7) is 1.92. The maximum atomic E-state index is 11.8. The molecule has 1 saturated heterocycles. The van der Waals surface area contributed by atoms with Crippen LogP contribution in [0, 0.1) is 0 Å². The van der Waals surface area contributed by atoms with Crippen LogP contribution in [-0.2, 0) is 22.6 Å². The molecule has 1 aromatic heterocycles. The van der Waals surface area contributed by atoms with Gasteiger partial charge in [-0.1, -0.05) is 24.3 Å². The monoisotopic (exact) mass is 286 g/mol. The number of benzene rings is 1. The summed E-state index contributed by atoms with van der Waals surface area (Å²) in [6.07, 6.45) is 4.74. The van der Waals surface area contributed by atoms with Crippen molar-refractivity contribution in [2.45, 2.75) is 32.0 Å². The average molecular weight is 286 g/mol. The fourth-order valence-electron chi connectivity index (χ4n) is 2.35. The van der Waals surface area contributed by atoms with Crippen LogP contribution in [0.15, 0.2) is 36.9 Å². The van der Waals surface area contributed by atoms with Gasteiger partial charge in [-0.15, -0.1) is 0 Å². The van der Waals surface area contributed by atoms with E-state index in [-0.39, 0.29) is 12.0 Å². The Morgan fingerprint density at radius 2 is 2.14 bits per heavy atom. The fourth-order valence-corrected chi connectivity index (χ4v) is 2.35. The quantitative estimate of drug-likeness (QED) is 0.894. The van der Waals surface area contributed by atoms with Gasteiger partial charge in [-0.25, -0.2) is 9.67 Å². The molecular weight excluding hydrogens is 268 g/mol. The molecule has 110 valence electrons. The minimum absolute atomic E-state index is 0.0146. The molecule has 0 unspecified atom stereocenters. The van der Waals surface area contributed by atoms with Crippen molar-refractivity contribution in [3.05, 3.63) is 48.0 Å². The van der Waals surface area contributed by atoms with E-state index in [0.717, 1.165) is 24.0 Å². The van der Waals surface area contributed by atoms with Crippen LogP contribution in [0.2, 0.25) is 0 Å². The summed E-state index contributed by atoms with van der Waals surface area (Å²) in [5, 5.41) is 6.99. The van der Waals surface area contributed by atoms with Crippen LogP contribution in [0.3, 0.4) is 0 Å². The van der Waals surface area contributed by atoms with Gasteiger partial charge >= 0.3 is 0 Å². The summed E-state index contributed by atoms with van der Waals surface area (Å²) >= 11 is 0. The highest BCUT2D eigenvalue weighted by Crippen LogP contribution is 2.12. The fraction of sp³-hybridized carbons (Fsp3) is 0.400. The van der Waals surface area contributed by atoms with E-state index in [4.69, 9.17) is 4.74 Å². The van der Waals surface area contributed by atoms with Crippen molar-refractivity contribution < 1.29 is 9.53 Å². The predicted octanol–water partition coefficient (Wildman–Crippen LogP) is 1.12. The number of rotatable bonds is 5. The molecule has 1 fully saturated rings. The van der Waals surface area contributed by atoms with Crippen LogP contribution >= 0.6 is 0 Å². The standard InChI is InChI=1S/C15H18N4O2/c20-15(14-2-1-7-21-14)17-8-12-3-5-13(6-4-12)9-19-11-16-10-18-19/h3-6,10-11,14H,1-2,7-9H2,(H,17,20)/t14-/m0/s1. The van der Waals surface area contributed by atoms with Crippen molar-refractivity contribution in [3.63, 3.8) is 0 Å². The number of hydrogen-bond acceptors (Lipinski definition) is 4. The minimum atomic E-state index is -0.267. The van der Waals surface area contributed by atoms with Crippen molar-refractivity contribution in [3.8, 4) is 0 Å². The summed E-state index contributed by atoms with van der Waals surface area (Å²) in [5.74, 6) is -0.0146. The topological polar surface area (TPSA) is 69.0 Å². The summed E-state index contributed by atoms with van der Waals surface area (Å²) in [4.78, 5) is 15.8. The zero-order valence-corrected chi connectivity index (χ0v) is 11.7. The summed E-state index contributed by atoms with van der Waals surface area (Å²) in [6, 6.07) is 8.11. The zero-order chi connectivity index (χ0) is 14.5. The highest BCUT2D eigenvalue weighted by Gasteiger charge is 2.22. The first kappa shape index (κ1) is 13.8. The van der Waals surface area contributed by atoms with Gasteiger partial charge in [-0.05, 0) is 24.0 Å². The SMILES string of the molecule is O=C(NCc1ccc(Cn2cncn2)cc1)[C@@H]1CCCO1. The van der Waals surface area contributed by atoms with E-state index in [1.54, 1.807) is 11.0 Å². The molecule has 0 bridgehead atoms. The molecule has 1 amide bonds. The van der Waals surface area contributed by atoms with E-state index in [1.807, 2.05) is 24.3 Å². The van der Waals surface area contributed by atoms with Gasteiger partial charge in [-0.3, -0.25) is 4.79 Å². The average Bonchev–Trinajstić information content (AvgIpc) is 3.19. The van der Waals surface area contributed by atoms with Crippen LogP contribution in [0.25, 0.3) is 0 Å². The van der Waals surface area contributed by atoms with Gasteiger partial charge in [0.25, 0.3) is 0 Å². The molecule has 0 spiro atoms. The van der Waals surface area contributed by atoms with Gasteiger partial charge in [0.1, 0.15) is 18.8 Å². The first-order valence-electron chi connectivity index (χ1n) is 7.11. The molecule has 6 nitrogen and oxygen atoms in total. The van der Waals surface area contributed by atoms with Crippen LogP contribution in [-0.4, -0.2) is 33.4 Å². The lowest BCUT2D eigenvalue weighted by Gasteiger charge is -2.10. The molecule has 6 heteroatoms. The van der Waals surface area contributed by atoms with E-state index in [9.17, 15) is 4.79 Å². The second-order valence-electron chi connectivity index (χ2n) is 5.13. The van der Waals surface area contributed by atoms with Crippen LogP contribution < -0.4 is 5.32 Å². The van der Waals surface area contributed by atoms with Crippen molar-refractivity contribution >= 4 is 5.91 Å². The lowest BCUT2D eigenvalue weighted by molar-refractivity contribution is -0.130. The number of carbonyl (C=O) groups is 1. The van der Waals surface area contributed by atoms with Gasteiger partial charge in [0.2, 0.25) is 5.91 Å². The van der Waals surface area contributed by atoms with Crippen molar-refractivity contribution in [1.29, 1.82) is 0 Å². The Hall–Kier alpha value is -2.21. The summed E-state index contributed by atoms with van der Waals surface area (Å²) < 4.78 is 7.13. The molecule has 0 saturated carbocycles. The number of nitrogens with one attached hydrogen (secondary N) is 1.